The van der Waals surface area contributed by atoms with Crippen molar-refractivity contribution in [2.24, 2.45) is 7.05 Å². The molecule has 202 valence electrons. The lowest BCUT2D eigenvalue weighted by atomic mass is 10.0. The smallest absolute Gasteiger partial charge is 0.217 e. The van der Waals surface area contributed by atoms with Crippen molar-refractivity contribution in [2.45, 2.75) is 12.5 Å². The molecule has 1 atom stereocenters. The third-order valence-corrected chi connectivity index (χ3v) is 6.85. The highest BCUT2D eigenvalue weighted by Crippen LogP contribution is 2.33. The van der Waals surface area contributed by atoms with Crippen LogP contribution in [0.15, 0.2) is 79.9 Å². The summed E-state index contributed by atoms with van der Waals surface area (Å²) in [5, 5.41) is 42.6. The van der Waals surface area contributed by atoms with Crippen molar-refractivity contribution in [2.75, 3.05) is 0 Å². The Kier molecular flexibility index (Phi) is 6.66. The van der Waals surface area contributed by atoms with Crippen molar-refractivity contribution in [3.8, 4) is 34.0 Å². The van der Waals surface area contributed by atoms with Gasteiger partial charge < -0.3 is 5.21 Å². The number of rotatable bonds is 7. The average molecular weight is 568 g/mol. The number of aryl methyl sites for hydroxylation is 1. The van der Waals surface area contributed by atoms with Gasteiger partial charge in [0.05, 0.1) is 34.2 Å². The van der Waals surface area contributed by atoms with Gasteiger partial charge >= 0.3 is 0 Å². The molecule has 0 aliphatic heterocycles. The summed E-state index contributed by atoms with van der Waals surface area (Å²) in [5.41, 5.74) is 3.74. The van der Waals surface area contributed by atoms with Crippen LogP contribution in [0.25, 0.3) is 27.9 Å². The molecule has 1 unspecified atom stereocenters. The van der Waals surface area contributed by atoms with Crippen LogP contribution in [0.3, 0.4) is 0 Å². The van der Waals surface area contributed by atoms with Gasteiger partial charge in [-0.3, -0.25) is 9.36 Å². The predicted molar refractivity (Wildman–Crippen MR) is 144 cm³/mol. The van der Waals surface area contributed by atoms with Gasteiger partial charge in [0.1, 0.15) is 24.1 Å². The first-order valence-corrected chi connectivity index (χ1v) is 12.6. The Morgan fingerprint density at radius 3 is 2.71 bits per heavy atom. The van der Waals surface area contributed by atoms with E-state index in [-0.39, 0.29) is 21.8 Å². The highest BCUT2D eigenvalue weighted by Gasteiger charge is 2.26. The fraction of sp³-hybridized carbons (Fsp3) is 0.111. The molecule has 0 spiro atoms. The fourth-order valence-corrected chi connectivity index (χ4v) is 4.80. The summed E-state index contributed by atoms with van der Waals surface area (Å²) < 4.78 is 20.7. The predicted octanol–water partition coefficient (Wildman–Crippen LogP) is 3.45. The van der Waals surface area contributed by atoms with Crippen LogP contribution in [-0.4, -0.2) is 44.8 Å². The van der Waals surface area contributed by atoms with E-state index in [0.29, 0.717) is 22.5 Å². The molecule has 41 heavy (non-hydrogen) atoms. The van der Waals surface area contributed by atoms with Gasteiger partial charge in [-0.2, -0.15) is 24.9 Å². The molecule has 0 saturated carbocycles. The maximum absolute atomic E-state index is 15.3. The van der Waals surface area contributed by atoms with E-state index in [1.165, 1.54) is 23.3 Å². The zero-order valence-electron chi connectivity index (χ0n) is 21.4. The number of nitriles is 1. The van der Waals surface area contributed by atoms with Crippen molar-refractivity contribution in [1.29, 1.82) is 5.26 Å². The first-order chi connectivity index (χ1) is 19.9. The molecule has 0 amide bonds. The summed E-state index contributed by atoms with van der Waals surface area (Å²) >= 11 is 6.10. The number of hydrogen-bond donors (Lipinski definition) is 0. The number of pyridine rings is 2. The van der Waals surface area contributed by atoms with E-state index in [2.05, 4.69) is 30.7 Å². The maximum Gasteiger partial charge on any atom is 0.217 e. The van der Waals surface area contributed by atoms with Gasteiger partial charge in [-0.25, -0.2) is 9.37 Å². The van der Waals surface area contributed by atoms with Crippen LogP contribution in [0.4, 0.5) is 4.39 Å². The van der Waals surface area contributed by atoms with Gasteiger partial charge in [-0.05, 0) is 51.9 Å². The van der Waals surface area contributed by atoms with E-state index < -0.39 is 11.9 Å². The SMILES string of the molecule is Cn1cc(CC(c2ccc(-c3c(-n4cnnn4)ccc(Cl)c3F)c[n+]2[O-])n2cc(-c3ccnc(C#N)c3)cn2)cn1. The van der Waals surface area contributed by atoms with E-state index in [1.54, 1.807) is 64.5 Å². The minimum Gasteiger partial charge on any atom is -0.618 e. The topological polar surface area (TPSA) is 143 Å². The average Bonchev–Trinajstić information content (AvgIpc) is 3.76. The zero-order valence-corrected chi connectivity index (χ0v) is 22.1. The van der Waals surface area contributed by atoms with Crippen LogP contribution >= 0.6 is 11.6 Å². The first-order valence-electron chi connectivity index (χ1n) is 12.2. The standard InChI is InChI=1S/C27H19ClFN11O/c1-37-13-17(11-33-37)8-25(38-14-20(12-34-38)18-6-7-31-21(9-18)10-30)23-4-2-19(15-40(23)41)26-24(39-16-32-35-36-39)5-3-22(28)27(26)29/h2-7,9,11-16,25H,8H2,1H3. The summed E-state index contributed by atoms with van der Waals surface area (Å²) in [5.74, 6) is -0.704. The lowest BCUT2D eigenvalue weighted by Crippen LogP contribution is -2.36. The van der Waals surface area contributed by atoms with Crippen LogP contribution in [0.1, 0.15) is 23.0 Å². The van der Waals surface area contributed by atoms with E-state index >= 15 is 4.39 Å². The van der Waals surface area contributed by atoms with E-state index in [0.717, 1.165) is 16.7 Å². The highest BCUT2D eigenvalue weighted by molar-refractivity contribution is 6.31. The number of hydrogen-bond acceptors (Lipinski definition) is 8. The van der Waals surface area contributed by atoms with Gasteiger partial charge in [0, 0.05) is 43.7 Å². The third-order valence-electron chi connectivity index (χ3n) is 6.56. The Hall–Kier alpha value is -5.48. The number of tetrazole rings is 1. The summed E-state index contributed by atoms with van der Waals surface area (Å²) in [6.45, 7) is 0. The molecular weight excluding hydrogens is 549 g/mol. The van der Waals surface area contributed by atoms with Gasteiger partial charge in [0.15, 0.2) is 12.0 Å². The molecule has 0 aliphatic carbocycles. The van der Waals surface area contributed by atoms with Crippen LogP contribution in [0, 0.1) is 22.4 Å². The van der Waals surface area contributed by atoms with Crippen molar-refractivity contribution in [1.82, 2.24) is 44.8 Å². The monoisotopic (exact) mass is 567 g/mol. The van der Waals surface area contributed by atoms with Gasteiger partial charge in [0.2, 0.25) is 5.69 Å². The Balaban J connectivity index is 1.43. The first kappa shape index (κ1) is 25.8. The maximum atomic E-state index is 15.3. The lowest BCUT2D eigenvalue weighted by Gasteiger charge is -2.18. The molecule has 0 fully saturated rings. The molecule has 6 aromatic rings. The lowest BCUT2D eigenvalue weighted by molar-refractivity contribution is -0.615. The van der Waals surface area contributed by atoms with Crippen LogP contribution in [0.5, 0.6) is 0 Å². The molecule has 12 nitrogen and oxygen atoms in total. The Morgan fingerprint density at radius 2 is 1.98 bits per heavy atom. The van der Waals surface area contributed by atoms with Crippen LogP contribution < -0.4 is 4.73 Å². The van der Waals surface area contributed by atoms with Crippen molar-refractivity contribution < 1.29 is 9.12 Å². The van der Waals surface area contributed by atoms with Crippen molar-refractivity contribution in [3.05, 3.63) is 113 Å². The minimum atomic E-state index is -0.704. The summed E-state index contributed by atoms with van der Waals surface area (Å²) in [6.07, 6.45) is 11.6. The summed E-state index contributed by atoms with van der Waals surface area (Å²) in [4.78, 5) is 4.02. The summed E-state index contributed by atoms with van der Waals surface area (Å²) in [7, 11) is 1.81. The van der Waals surface area contributed by atoms with Crippen LogP contribution in [-0.2, 0) is 13.5 Å². The Bertz CT molecular complexity index is 1910. The molecule has 0 radical (unpaired) electrons. The normalized spacial score (nSPS) is 11.9. The zero-order chi connectivity index (χ0) is 28.5. The van der Waals surface area contributed by atoms with Crippen molar-refractivity contribution in [3.63, 3.8) is 0 Å². The fourth-order valence-electron chi connectivity index (χ4n) is 4.64. The van der Waals surface area contributed by atoms with Gasteiger partial charge in [0.25, 0.3) is 0 Å². The molecular formula is C27H19ClFN11O. The quantitative estimate of drug-likeness (QED) is 0.211. The molecule has 6 rings (SSSR count). The van der Waals surface area contributed by atoms with E-state index in [4.69, 9.17) is 11.6 Å². The molecule has 0 N–H and O–H groups in total. The molecule has 0 aliphatic rings. The minimum absolute atomic E-state index is 0.0807. The highest BCUT2D eigenvalue weighted by atomic mass is 35.5. The number of benzene rings is 1. The van der Waals surface area contributed by atoms with E-state index in [1.807, 2.05) is 19.3 Å². The van der Waals surface area contributed by atoms with Crippen molar-refractivity contribution >= 4 is 11.6 Å². The van der Waals surface area contributed by atoms with Crippen LogP contribution in [0.2, 0.25) is 5.02 Å². The number of halogens is 2. The largest absolute Gasteiger partial charge is 0.618 e. The third kappa shape index (κ3) is 4.99. The Morgan fingerprint density at radius 1 is 1.10 bits per heavy atom. The number of nitrogens with zero attached hydrogens (tertiary/aromatic N) is 11. The second kappa shape index (κ2) is 10.6. The summed E-state index contributed by atoms with van der Waals surface area (Å²) in [6, 6.07) is 11.2. The van der Waals surface area contributed by atoms with Gasteiger partial charge in [-0.1, -0.05) is 11.6 Å². The van der Waals surface area contributed by atoms with E-state index in [9.17, 15) is 10.5 Å². The molecule has 0 bridgehead atoms. The van der Waals surface area contributed by atoms with Gasteiger partial charge in [-0.15, -0.1) is 5.10 Å². The molecule has 5 aromatic heterocycles. The molecule has 5 heterocycles. The molecule has 1 aromatic carbocycles. The molecule has 0 saturated heterocycles. The number of aromatic nitrogens is 10. The Labute approximate surface area is 237 Å². The second-order valence-corrected chi connectivity index (χ2v) is 9.58. The molecule has 14 heteroatoms. The second-order valence-electron chi connectivity index (χ2n) is 9.17.